The Morgan fingerprint density at radius 2 is 2.00 bits per heavy atom. The van der Waals surface area contributed by atoms with E-state index in [4.69, 9.17) is 0 Å². The van der Waals surface area contributed by atoms with Crippen LogP contribution in [0.1, 0.15) is 0 Å². The monoisotopic (exact) mass is 194 g/mol. The van der Waals surface area contributed by atoms with Gasteiger partial charge in [-0.05, 0) is 18.2 Å². The van der Waals surface area contributed by atoms with E-state index < -0.39 is 11.6 Å². The summed E-state index contributed by atoms with van der Waals surface area (Å²) in [6.45, 7) is 0. The van der Waals surface area contributed by atoms with Gasteiger partial charge in [-0.15, -0.1) is 0 Å². The smallest absolute Gasteiger partial charge is 0.152 e. The largest absolute Gasteiger partial charge is 0.373 e. The van der Waals surface area contributed by atoms with Crippen molar-refractivity contribution in [1.82, 2.24) is 4.98 Å². The molecule has 0 saturated heterocycles. The normalized spacial score (nSPS) is 10.5. The first-order chi connectivity index (χ1) is 6.70. The maximum absolute atomic E-state index is 13.2. The van der Waals surface area contributed by atoms with Crippen LogP contribution >= 0.6 is 0 Å². The molecule has 1 N–H and O–H groups in total. The Morgan fingerprint density at radius 3 is 2.71 bits per heavy atom. The van der Waals surface area contributed by atoms with Crippen LogP contribution in [-0.4, -0.2) is 12.0 Å². The SMILES string of the molecule is CNc1ccc2cc(F)cc(F)c2n1. The Kier molecular flexibility index (Phi) is 2.04. The summed E-state index contributed by atoms with van der Waals surface area (Å²) in [5, 5.41) is 3.25. The zero-order valence-electron chi connectivity index (χ0n) is 7.51. The molecule has 0 fully saturated rings. The first-order valence-corrected chi connectivity index (χ1v) is 4.14. The van der Waals surface area contributed by atoms with Gasteiger partial charge in [-0.3, -0.25) is 0 Å². The van der Waals surface area contributed by atoms with Gasteiger partial charge in [0.2, 0.25) is 0 Å². The first kappa shape index (κ1) is 8.87. The average Bonchev–Trinajstić information content (AvgIpc) is 2.17. The van der Waals surface area contributed by atoms with Crippen LogP contribution in [0.2, 0.25) is 0 Å². The third-order valence-electron chi connectivity index (χ3n) is 1.97. The minimum atomic E-state index is -0.642. The number of nitrogens with zero attached hydrogens (tertiary/aromatic N) is 1. The van der Waals surface area contributed by atoms with Crippen LogP contribution in [0.5, 0.6) is 0 Å². The van der Waals surface area contributed by atoms with Crippen molar-refractivity contribution < 1.29 is 8.78 Å². The molecule has 0 saturated carbocycles. The minimum Gasteiger partial charge on any atom is -0.373 e. The van der Waals surface area contributed by atoms with Crippen molar-refractivity contribution in [2.45, 2.75) is 0 Å². The van der Waals surface area contributed by atoms with E-state index >= 15 is 0 Å². The predicted molar refractivity (Wildman–Crippen MR) is 51.2 cm³/mol. The summed E-state index contributed by atoms with van der Waals surface area (Å²) in [5.74, 6) is -0.672. The molecule has 2 rings (SSSR count). The minimum absolute atomic E-state index is 0.179. The molecule has 2 aromatic rings. The fraction of sp³-hybridized carbons (Fsp3) is 0.100. The zero-order chi connectivity index (χ0) is 10.1. The van der Waals surface area contributed by atoms with E-state index in [1.54, 1.807) is 19.2 Å². The Labute approximate surface area is 79.6 Å². The number of rotatable bonds is 1. The molecule has 0 radical (unpaired) electrons. The highest BCUT2D eigenvalue weighted by Gasteiger charge is 2.05. The molecule has 0 aliphatic carbocycles. The second-order valence-corrected chi connectivity index (χ2v) is 2.91. The second-order valence-electron chi connectivity index (χ2n) is 2.91. The Hall–Kier alpha value is -1.71. The van der Waals surface area contributed by atoms with Crippen LogP contribution in [0, 0.1) is 11.6 Å². The summed E-state index contributed by atoms with van der Waals surface area (Å²) in [6, 6.07) is 5.38. The summed E-state index contributed by atoms with van der Waals surface area (Å²) in [4.78, 5) is 3.98. The molecule has 4 heteroatoms. The van der Waals surface area contributed by atoms with Gasteiger partial charge in [-0.25, -0.2) is 13.8 Å². The summed E-state index contributed by atoms with van der Waals surface area (Å²) < 4.78 is 26.0. The number of benzene rings is 1. The molecule has 1 heterocycles. The van der Waals surface area contributed by atoms with E-state index in [0.717, 1.165) is 6.07 Å². The fourth-order valence-electron chi connectivity index (χ4n) is 1.30. The van der Waals surface area contributed by atoms with Crippen LogP contribution in [0.3, 0.4) is 0 Å². The Balaban J connectivity index is 2.75. The molecule has 0 bridgehead atoms. The maximum Gasteiger partial charge on any atom is 0.152 e. The van der Waals surface area contributed by atoms with Gasteiger partial charge in [0.15, 0.2) is 5.82 Å². The Bertz CT molecular complexity index is 483. The Morgan fingerprint density at radius 1 is 1.21 bits per heavy atom. The maximum atomic E-state index is 13.2. The molecular weight excluding hydrogens is 186 g/mol. The highest BCUT2D eigenvalue weighted by atomic mass is 19.1. The molecule has 0 aliphatic rings. The van der Waals surface area contributed by atoms with Crippen molar-refractivity contribution in [2.24, 2.45) is 0 Å². The van der Waals surface area contributed by atoms with Gasteiger partial charge >= 0.3 is 0 Å². The molecule has 0 atom stereocenters. The standard InChI is InChI=1S/C10H8F2N2/c1-13-9-3-2-6-4-7(11)5-8(12)10(6)14-9/h2-5H,1H3,(H,13,14). The first-order valence-electron chi connectivity index (χ1n) is 4.14. The number of fused-ring (bicyclic) bond motifs is 1. The van der Waals surface area contributed by atoms with Gasteiger partial charge in [-0.1, -0.05) is 0 Å². The van der Waals surface area contributed by atoms with Crippen LogP contribution in [-0.2, 0) is 0 Å². The van der Waals surface area contributed by atoms with Crippen LogP contribution in [0.25, 0.3) is 10.9 Å². The number of hydrogen-bond acceptors (Lipinski definition) is 2. The lowest BCUT2D eigenvalue weighted by atomic mass is 10.2. The molecular formula is C10H8F2N2. The van der Waals surface area contributed by atoms with E-state index in [1.807, 2.05) is 0 Å². The van der Waals surface area contributed by atoms with E-state index in [2.05, 4.69) is 10.3 Å². The number of aromatic nitrogens is 1. The van der Waals surface area contributed by atoms with Gasteiger partial charge in [0.1, 0.15) is 17.2 Å². The van der Waals surface area contributed by atoms with E-state index in [9.17, 15) is 8.78 Å². The molecule has 72 valence electrons. The molecule has 2 nitrogen and oxygen atoms in total. The summed E-state index contributed by atoms with van der Waals surface area (Å²) in [7, 11) is 1.69. The third kappa shape index (κ3) is 1.39. The van der Waals surface area contributed by atoms with E-state index in [0.29, 0.717) is 11.2 Å². The van der Waals surface area contributed by atoms with Gasteiger partial charge < -0.3 is 5.32 Å². The van der Waals surface area contributed by atoms with Crippen molar-refractivity contribution in [1.29, 1.82) is 0 Å². The van der Waals surface area contributed by atoms with Crippen molar-refractivity contribution >= 4 is 16.7 Å². The highest BCUT2D eigenvalue weighted by Crippen LogP contribution is 2.19. The fourth-order valence-corrected chi connectivity index (χ4v) is 1.30. The summed E-state index contributed by atoms with van der Waals surface area (Å²) in [6.07, 6.45) is 0. The quantitative estimate of drug-likeness (QED) is 0.754. The molecule has 1 aromatic carbocycles. The number of anilines is 1. The van der Waals surface area contributed by atoms with Crippen LogP contribution in [0.15, 0.2) is 24.3 Å². The van der Waals surface area contributed by atoms with Crippen molar-refractivity contribution in [3.63, 3.8) is 0 Å². The number of pyridine rings is 1. The second kappa shape index (κ2) is 3.21. The highest BCUT2D eigenvalue weighted by molar-refractivity contribution is 5.80. The molecule has 0 aliphatic heterocycles. The van der Waals surface area contributed by atoms with E-state index in [-0.39, 0.29) is 5.52 Å². The number of hydrogen-bond donors (Lipinski definition) is 1. The lowest BCUT2D eigenvalue weighted by Gasteiger charge is -2.02. The van der Waals surface area contributed by atoms with E-state index in [1.165, 1.54) is 6.07 Å². The van der Waals surface area contributed by atoms with Crippen LogP contribution < -0.4 is 5.32 Å². The topological polar surface area (TPSA) is 24.9 Å². The number of nitrogens with one attached hydrogen (secondary N) is 1. The van der Waals surface area contributed by atoms with Crippen LogP contribution in [0.4, 0.5) is 14.6 Å². The average molecular weight is 194 g/mol. The lowest BCUT2D eigenvalue weighted by Crippen LogP contribution is -1.94. The zero-order valence-corrected chi connectivity index (χ0v) is 7.51. The predicted octanol–water partition coefficient (Wildman–Crippen LogP) is 2.55. The molecule has 0 spiro atoms. The van der Waals surface area contributed by atoms with Crippen molar-refractivity contribution in [3.8, 4) is 0 Å². The van der Waals surface area contributed by atoms with Gasteiger partial charge in [0.25, 0.3) is 0 Å². The van der Waals surface area contributed by atoms with Gasteiger partial charge in [0.05, 0.1) is 0 Å². The lowest BCUT2D eigenvalue weighted by molar-refractivity contribution is 0.590. The molecule has 14 heavy (non-hydrogen) atoms. The molecule has 0 amide bonds. The third-order valence-corrected chi connectivity index (χ3v) is 1.97. The molecule has 0 unspecified atom stereocenters. The molecule has 1 aromatic heterocycles. The van der Waals surface area contributed by atoms with Gasteiger partial charge in [0, 0.05) is 18.5 Å². The van der Waals surface area contributed by atoms with Crippen molar-refractivity contribution in [3.05, 3.63) is 35.9 Å². The number of halogens is 2. The van der Waals surface area contributed by atoms with Crippen molar-refractivity contribution in [2.75, 3.05) is 12.4 Å². The van der Waals surface area contributed by atoms with Gasteiger partial charge in [-0.2, -0.15) is 0 Å². The summed E-state index contributed by atoms with van der Waals surface area (Å²) >= 11 is 0. The summed E-state index contributed by atoms with van der Waals surface area (Å²) in [5.41, 5.74) is 0.179.